The summed E-state index contributed by atoms with van der Waals surface area (Å²) in [6.45, 7) is 4.83. The van der Waals surface area contributed by atoms with Gasteiger partial charge in [-0.15, -0.1) is 11.3 Å². The molecule has 0 saturated carbocycles. The first-order valence-corrected chi connectivity index (χ1v) is 12.4. The third-order valence-electron chi connectivity index (χ3n) is 6.38. The van der Waals surface area contributed by atoms with Crippen LogP contribution in [0.25, 0.3) is 16.0 Å². The molecule has 3 aromatic rings. The lowest BCUT2D eigenvalue weighted by molar-refractivity contribution is 0.0479. The number of fused-ring (bicyclic) bond motifs is 1. The summed E-state index contributed by atoms with van der Waals surface area (Å²) in [4.78, 5) is 26.1. The summed E-state index contributed by atoms with van der Waals surface area (Å²) in [7, 11) is 0. The number of amides is 1. The number of rotatable bonds is 5. The summed E-state index contributed by atoms with van der Waals surface area (Å²) in [5.74, 6) is 0.826. The normalized spacial score (nSPS) is 18.3. The lowest BCUT2D eigenvalue weighted by atomic mass is 9.97. The van der Waals surface area contributed by atoms with Crippen LogP contribution >= 0.6 is 11.3 Å². The topological polar surface area (TPSA) is 54.3 Å². The first-order chi connectivity index (χ1) is 16.0. The molecule has 6 nitrogen and oxygen atoms in total. The lowest BCUT2D eigenvalue weighted by Crippen LogP contribution is -2.45. The Bertz CT molecular complexity index is 1180. The van der Waals surface area contributed by atoms with Gasteiger partial charge in [-0.25, -0.2) is 9.97 Å². The smallest absolute Gasteiger partial charge is 0.274 e. The zero-order valence-corrected chi connectivity index (χ0v) is 19.8. The molecule has 2 aliphatic heterocycles. The minimum Gasteiger partial charge on any atom is -0.334 e. The highest BCUT2D eigenvalue weighted by atomic mass is 32.1. The molecule has 172 valence electrons. The molecule has 1 amide bonds. The Labute approximate surface area is 197 Å². The number of aryl methyl sites for hydroxylation is 1. The van der Waals surface area contributed by atoms with E-state index in [1.165, 1.54) is 6.20 Å². The molecule has 33 heavy (non-hydrogen) atoms. The summed E-state index contributed by atoms with van der Waals surface area (Å²) >= 11 is 1.57. The molecule has 1 atom stereocenters. The number of imidazole rings is 1. The van der Waals surface area contributed by atoms with E-state index in [0.29, 0.717) is 17.2 Å². The number of halogens is 1. The Hall–Kier alpha value is -3.00. The number of benzene rings is 1. The van der Waals surface area contributed by atoms with Crippen LogP contribution in [-0.4, -0.2) is 43.1 Å². The summed E-state index contributed by atoms with van der Waals surface area (Å²) in [5.41, 5.74) is 3.36. The molecule has 0 aliphatic carbocycles. The first kappa shape index (κ1) is 21.8. The highest BCUT2D eigenvalue weighted by Crippen LogP contribution is 2.33. The molecule has 8 heteroatoms. The van der Waals surface area contributed by atoms with Gasteiger partial charge in [0.15, 0.2) is 0 Å². The predicted octanol–water partition coefficient (Wildman–Crippen LogP) is 5.46. The van der Waals surface area contributed by atoms with Crippen LogP contribution in [0.2, 0.25) is 0 Å². The van der Waals surface area contributed by atoms with Crippen molar-refractivity contribution in [3.05, 3.63) is 64.9 Å². The Morgan fingerprint density at radius 1 is 1.21 bits per heavy atom. The fraction of sp³-hybridized carbons (Fsp3) is 0.400. The average molecular weight is 466 g/mol. The van der Waals surface area contributed by atoms with Gasteiger partial charge in [0.25, 0.3) is 5.91 Å². The van der Waals surface area contributed by atoms with E-state index >= 15 is 0 Å². The van der Waals surface area contributed by atoms with Crippen LogP contribution < -0.4 is 0 Å². The van der Waals surface area contributed by atoms with Crippen molar-refractivity contribution in [1.29, 1.82) is 0 Å². The van der Waals surface area contributed by atoms with Crippen LogP contribution in [0.15, 0.2) is 42.7 Å². The molecule has 1 fully saturated rings. The van der Waals surface area contributed by atoms with Crippen molar-refractivity contribution in [2.24, 2.45) is 0 Å². The van der Waals surface area contributed by atoms with Crippen molar-refractivity contribution in [2.75, 3.05) is 6.54 Å². The standard InChI is InChI=1S/C25H28FN5OS/c1-3-18-14-30(26)16-29-15-20(28-24(18)29)13-21-11-7-8-12-31(21)25(32)22-23(33-17(2)27-22)19-9-5-4-6-10-19/h4-6,9-10,14-15,21H,3,7-8,11-13,16H2,1-2H3/t21-/m0/s1. The van der Waals surface area contributed by atoms with E-state index in [9.17, 15) is 9.28 Å². The van der Waals surface area contributed by atoms with Gasteiger partial charge in [0.1, 0.15) is 18.2 Å². The average Bonchev–Trinajstić information content (AvgIpc) is 3.42. The minimum absolute atomic E-state index is 0.00375. The Morgan fingerprint density at radius 3 is 2.82 bits per heavy atom. The van der Waals surface area contributed by atoms with E-state index in [1.807, 2.05) is 59.8 Å². The molecule has 5 rings (SSSR count). The van der Waals surface area contributed by atoms with E-state index in [1.54, 1.807) is 11.3 Å². The van der Waals surface area contributed by atoms with Gasteiger partial charge in [0, 0.05) is 37.0 Å². The lowest BCUT2D eigenvalue weighted by Gasteiger charge is -2.35. The van der Waals surface area contributed by atoms with Gasteiger partial charge in [-0.2, -0.15) is 5.12 Å². The highest BCUT2D eigenvalue weighted by Gasteiger charge is 2.32. The molecular weight excluding hydrogens is 437 g/mol. The number of thiazole rings is 1. The second-order valence-electron chi connectivity index (χ2n) is 8.70. The third-order valence-corrected chi connectivity index (χ3v) is 7.40. The molecule has 0 radical (unpaired) electrons. The van der Waals surface area contributed by atoms with Gasteiger partial charge in [-0.05, 0) is 38.2 Å². The minimum atomic E-state index is -0.00375. The maximum absolute atomic E-state index is 14.0. The number of aromatic nitrogens is 3. The van der Waals surface area contributed by atoms with Gasteiger partial charge >= 0.3 is 0 Å². The van der Waals surface area contributed by atoms with Gasteiger partial charge < -0.3 is 9.47 Å². The van der Waals surface area contributed by atoms with Crippen LogP contribution in [0.1, 0.15) is 59.6 Å². The van der Waals surface area contributed by atoms with E-state index in [-0.39, 0.29) is 18.6 Å². The second kappa shape index (κ2) is 9.09. The Balaban J connectivity index is 1.41. The molecule has 0 N–H and O–H groups in total. The quantitative estimate of drug-likeness (QED) is 0.470. The van der Waals surface area contributed by atoms with Gasteiger partial charge in [-0.3, -0.25) is 4.79 Å². The van der Waals surface area contributed by atoms with E-state index < -0.39 is 0 Å². The number of carbonyl (C=O) groups is 1. The summed E-state index contributed by atoms with van der Waals surface area (Å²) in [6.07, 6.45) is 7.86. The highest BCUT2D eigenvalue weighted by molar-refractivity contribution is 7.15. The first-order valence-electron chi connectivity index (χ1n) is 11.6. The summed E-state index contributed by atoms with van der Waals surface area (Å²) < 4.78 is 15.8. The zero-order valence-electron chi connectivity index (χ0n) is 19.0. The van der Waals surface area contributed by atoms with E-state index in [4.69, 9.17) is 4.98 Å². The predicted molar refractivity (Wildman–Crippen MR) is 128 cm³/mol. The molecular formula is C25H28FN5OS. The van der Waals surface area contributed by atoms with Crippen molar-refractivity contribution in [1.82, 2.24) is 24.6 Å². The molecule has 0 bridgehead atoms. The van der Waals surface area contributed by atoms with Crippen LogP contribution in [0.3, 0.4) is 0 Å². The summed E-state index contributed by atoms with van der Waals surface area (Å²) in [6, 6.07) is 10.1. The van der Waals surface area contributed by atoms with Crippen LogP contribution in [0, 0.1) is 6.92 Å². The van der Waals surface area contributed by atoms with Crippen LogP contribution in [0.4, 0.5) is 4.48 Å². The van der Waals surface area contributed by atoms with Crippen molar-refractivity contribution < 1.29 is 9.28 Å². The maximum Gasteiger partial charge on any atom is 0.274 e. The number of nitrogens with zero attached hydrogens (tertiary/aromatic N) is 5. The monoisotopic (exact) mass is 465 g/mol. The molecule has 0 spiro atoms. The molecule has 4 heterocycles. The Morgan fingerprint density at radius 2 is 2.03 bits per heavy atom. The van der Waals surface area contributed by atoms with Crippen molar-refractivity contribution in [2.45, 2.75) is 58.7 Å². The number of allylic oxidation sites excluding steroid dienone is 1. The molecule has 2 aromatic heterocycles. The fourth-order valence-corrected chi connectivity index (χ4v) is 5.73. The number of hydrogen-bond acceptors (Lipinski definition) is 5. The number of hydrogen-bond donors (Lipinski definition) is 0. The van der Waals surface area contributed by atoms with E-state index in [0.717, 1.165) is 64.8 Å². The van der Waals surface area contributed by atoms with Crippen molar-refractivity contribution in [3.8, 4) is 10.4 Å². The molecule has 2 aliphatic rings. The zero-order chi connectivity index (χ0) is 22.9. The maximum atomic E-state index is 14.0. The largest absolute Gasteiger partial charge is 0.334 e. The van der Waals surface area contributed by atoms with Gasteiger partial charge in [-0.1, -0.05) is 41.7 Å². The third kappa shape index (κ3) is 4.31. The molecule has 0 unspecified atom stereocenters. The Kier molecular flexibility index (Phi) is 6.01. The van der Waals surface area contributed by atoms with Crippen molar-refractivity contribution in [3.63, 3.8) is 0 Å². The molecule has 1 saturated heterocycles. The second-order valence-corrected chi connectivity index (χ2v) is 9.91. The number of piperidine rings is 1. The van der Waals surface area contributed by atoms with Crippen molar-refractivity contribution >= 4 is 22.8 Å². The van der Waals surface area contributed by atoms with Gasteiger partial charge in [0.05, 0.1) is 15.6 Å². The van der Waals surface area contributed by atoms with Crippen LogP contribution in [-0.2, 0) is 13.1 Å². The SMILES string of the molecule is CCC1=CN(F)Cn2cc(C[C@@H]3CCCCN3C(=O)c3nc(C)sc3-c3ccccc3)nc21. The fourth-order valence-electron chi connectivity index (χ4n) is 4.81. The van der Waals surface area contributed by atoms with E-state index in [2.05, 4.69) is 4.98 Å². The van der Waals surface area contributed by atoms with Gasteiger partial charge in [0.2, 0.25) is 0 Å². The summed E-state index contributed by atoms with van der Waals surface area (Å²) in [5, 5.41) is 1.59. The number of carbonyl (C=O) groups excluding carboxylic acids is 1. The molecule has 1 aromatic carbocycles. The number of likely N-dealkylation sites (tertiary alicyclic amines) is 1. The van der Waals surface area contributed by atoms with Crippen LogP contribution in [0.5, 0.6) is 0 Å².